The van der Waals surface area contributed by atoms with Gasteiger partial charge in [0, 0.05) is 13.1 Å². The number of hydrogen-bond donors (Lipinski definition) is 1. The first kappa shape index (κ1) is 16.1. The number of morpholine rings is 1. The van der Waals surface area contributed by atoms with Crippen molar-refractivity contribution < 1.29 is 14.1 Å². The fourth-order valence-corrected chi connectivity index (χ4v) is 2.14. The van der Waals surface area contributed by atoms with E-state index in [1.807, 2.05) is 4.90 Å². The minimum atomic E-state index is 0.209. The van der Waals surface area contributed by atoms with Gasteiger partial charge >= 0.3 is 6.01 Å². The first-order valence-electron chi connectivity index (χ1n) is 7.40. The quantitative estimate of drug-likeness (QED) is 0.600. The molecular weight excluding hydrogens is 316 g/mol. The average Bonchev–Trinajstić information content (AvgIpc) is 3.06. The fourth-order valence-electron chi connectivity index (χ4n) is 2.14. The van der Waals surface area contributed by atoms with Crippen LogP contribution in [-0.4, -0.2) is 64.4 Å². The van der Waals surface area contributed by atoms with Crippen LogP contribution in [0.1, 0.15) is 18.3 Å². The first-order chi connectivity index (χ1) is 11.7. The van der Waals surface area contributed by atoms with Crippen LogP contribution >= 0.6 is 0 Å². The summed E-state index contributed by atoms with van der Waals surface area (Å²) in [5.41, 5.74) is 4.61. The van der Waals surface area contributed by atoms with Crippen LogP contribution in [-0.2, 0) is 4.74 Å². The highest BCUT2D eigenvalue weighted by molar-refractivity contribution is 5.97. The number of hydrogen-bond acceptors (Lipinski definition) is 11. The first-order valence-corrected chi connectivity index (χ1v) is 7.40. The number of aromatic nitrogens is 5. The summed E-state index contributed by atoms with van der Waals surface area (Å²) in [4.78, 5) is 14.8. The van der Waals surface area contributed by atoms with Crippen LogP contribution in [0.4, 0.5) is 11.9 Å². The number of anilines is 2. The Bertz CT molecular complexity index is 726. The zero-order chi connectivity index (χ0) is 16.9. The van der Waals surface area contributed by atoms with Crippen LogP contribution in [0.3, 0.4) is 0 Å². The number of methoxy groups -OCH3 is 1. The Morgan fingerprint density at radius 2 is 2.00 bits per heavy atom. The second kappa shape index (κ2) is 7.17. The van der Waals surface area contributed by atoms with Gasteiger partial charge in [-0.2, -0.15) is 20.1 Å². The molecule has 1 N–H and O–H groups in total. The van der Waals surface area contributed by atoms with E-state index < -0.39 is 0 Å². The monoisotopic (exact) mass is 334 g/mol. The van der Waals surface area contributed by atoms with Crippen molar-refractivity contribution in [3.8, 4) is 6.01 Å². The lowest BCUT2D eigenvalue weighted by atomic mass is 10.2. The maximum atomic E-state index is 5.34. The molecular formula is C13H18N8O3. The van der Waals surface area contributed by atoms with Gasteiger partial charge < -0.3 is 14.4 Å². The van der Waals surface area contributed by atoms with Gasteiger partial charge in [0.2, 0.25) is 5.95 Å². The Kier molecular flexibility index (Phi) is 4.79. The highest BCUT2D eigenvalue weighted by Crippen LogP contribution is 2.16. The van der Waals surface area contributed by atoms with Gasteiger partial charge in [0.05, 0.1) is 26.0 Å². The molecule has 2 aromatic heterocycles. The zero-order valence-electron chi connectivity index (χ0n) is 13.7. The Hall–Kier alpha value is -2.82. The number of hydrazone groups is 1. The molecule has 1 aliphatic heterocycles. The van der Waals surface area contributed by atoms with E-state index in [1.165, 1.54) is 7.11 Å². The molecule has 0 atom stereocenters. The third kappa shape index (κ3) is 3.56. The molecule has 1 aliphatic rings. The highest BCUT2D eigenvalue weighted by Gasteiger charge is 2.17. The minimum Gasteiger partial charge on any atom is -0.467 e. The van der Waals surface area contributed by atoms with Crippen molar-refractivity contribution in [1.82, 2.24) is 25.3 Å². The molecule has 0 unspecified atom stereocenters. The summed E-state index contributed by atoms with van der Waals surface area (Å²) in [6.07, 6.45) is 0. The smallest absolute Gasteiger partial charge is 0.322 e. The van der Waals surface area contributed by atoms with Crippen molar-refractivity contribution >= 4 is 17.6 Å². The summed E-state index contributed by atoms with van der Waals surface area (Å²) >= 11 is 0. The molecule has 0 bridgehead atoms. The molecule has 0 aliphatic carbocycles. The largest absolute Gasteiger partial charge is 0.467 e. The second-order valence-corrected chi connectivity index (χ2v) is 5.05. The van der Waals surface area contributed by atoms with Gasteiger partial charge in [-0.3, -0.25) is 0 Å². The summed E-state index contributed by atoms with van der Waals surface area (Å²) in [5, 5.41) is 11.7. The van der Waals surface area contributed by atoms with Gasteiger partial charge in [-0.1, -0.05) is 5.16 Å². The SMILES string of the molecule is COc1nc(N/N=C(/C)c2nonc2C)nc(N2CCOCC2)n1. The lowest BCUT2D eigenvalue weighted by Crippen LogP contribution is -2.37. The van der Waals surface area contributed by atoms with Gasteiger partial charge in [-0.15, -0.1) is 0 Å². The maximum Gasteiger partial charge on any atom is 0.322 e. The van der Waals surface area contributed by atoms with Crippen LogP contribution in [0, 0.1) is 6.92 Å². The molecule has 0 spiro atoms. The molecule has 0 amide bonds. The number of nitrogens with one attached hydrogen (secondary N) is 1. The van der Waals surface area contributed by atoms with Crippen molar-refractivity contribution in [3.63, 3.8) is 0 Å². The van der Waals surface area contributed by atoms with E-state index in [9.17, 15) is 0 Å². The number of rotatable bonds is 5. The second-order valence-electron chi connectivity index (χ2n) is 5.05. The van der Waals surface area contributed by atoms with Crippen molar-refractivity contribution in [2.75, 3.05) is 43.7 Å². The van der Waals surface area contributed by atoms with Crippen molar-refractivity contribution in [2.45, 2.75) is 13.8 Å². The normalized spacial score (nSPS) is 15.5. The molecule has 0 saturated carbocycles. The molecule has 1 saturated heterocycles. The van der Waals surface area contributed by atoms with E-state index in [4.69, 9.17) is 9.47 Å². The predicted molar refractivity (Wildman–Crippen MR) is 84.3 cm³/mol. The van der Waals surface area contributed by atoms with E-state index in [-0.39, 0.29) is 12.0 Å². The number of ether oxygens (including phenoxy) is 2. The van der Waals surface area contributed by atoms with Crippen molar-refractivity contribution in [1.29, 1.82) is 0 Å². The van der Waals surface area contributed by atoms with Crippen molar-refractivity contribution in [3.05, 3.63) is 11.4 Å². The summed E-state index contributed by atoms with van der Waals surface area (Å²) in [7, 11) is 1.50. The Morgan fingerprint density at radius 1 is 1.21 bits per heavy atom. The van der Waals surface area contributed by atoms with E-state index in [2.05, 4.69) is 40.4 Å². The zero-order valence-corrected chi connectivity index (χ0v) is 13.7. The van der Waals surface area contributed by atoms with E-state index in [0.29, 0.717) is 49.4 Å². The Labute approximate surface area is 138 Å². The van der Waals surface area contributed by atoms with E-state index in [1.54, 1.807) is 13.8 Å². The summed E-state index contributed by atoms with van der Waals surface area (Å²) in [5.74, 6) is 0.789. The topological polar surface area (TPSA) is 124 Å². The molecule has 0 radical (unpaired) electrons. The Balaban J connectivity index is 1.80. The number of nitrogens with zero attached hydrogens (tertiary/aromatic N) is 7. The molecule has 1 fully saturated rings. The lowest BCUT2D eigenvalue weighted by molar-refractivity contribution is 0.122. The lowest BCUT2D eigenvalue weighted by Gasteiger charge is -2.26. The van der Waals surface area contributed by atoms with Gasteiger partial charge in [-0.05, 0) is 19.0 Å². The van der Waals surface area contributed by atoms with Gasteiger partial charge in [-0.25, -0.2) is 10.1 Å². The molecule has 128 valence electrons. The van der Waals surface area contributed by atoms with Crippen LogP contribution in [0.25, 0.3) is 0 Å². The van der Waals surface area contributed by atoms with E-state index >= 15 is 0 Å². The molecule has 3 rings (SSSR count). The highest BCUT2D eigenvalue weighted by atomic mass is 16.6. The van der Waals surface area contributed by atoms with Crippen LogP contribution in [0.2, 0.25) is 0 Å². The average molecular weight is 334 g/mol. The van der Waals surface area contributed by atoms with Gasteiger partial charge in [0.25, 0.3) is 5.95 Å². The molecule has 3 heterocycles. The summed E-state index contributed by atoms with van der Waals surface area (Å²) < 4.78 is 15.1. The molecule has 2 aromatic rings. The van der Waals surface area contributed by atoms with Crippen LogP contribution < -0.4 is 15.1 Å². The summed E-state index contributed by atoms with van der Waals surface area (Å²) in [6.45, 7) is 6.24. The standard InChI is InChI=1S/C13H18N8O3/c1-8(10-9(2)19-24-20-10)17-18-11-14-12(16-13(15-11)22-3)21-4-6-23-7-5-21/h4-7H2,1-3H3,(H,14,15,16,18)/b17-8-. The third-order valence-electron chi connectivity index (χ3n) is 3.40. The Morgan fingerprint density at radius 3 is 2.67 bits per heavy atom. The molecule has 11 nitrogen and oxygen atoms in total. The minimum absolute atomic E-state index is 0.209. The number of aryl methyl sites for hydroxylation is 1. The van der Waals surface area contributed by atoms with Crippen molar-refractivity contribution in [2.24, 2.45) is 5.10 Å². The fraction of sp³-hybridized carbons (Fsp3) is 0.538. The maximum absolute atomic E-state index is 5.34. The third-order valence-corrected chi connectivity index (χ3v) is 3.40. The van der Waals surface area contributed by atoms with Gasteiger partial charge in [0.1, 0.15) is 5.69 Å². The van der Waals surface area contributed by atoms with E-state index in [0.717, 1.165) is 0 Å². The molecule has 24 heavy (non-hydrogen) atoms. The molecule has 0 aromatic carbocycles. The summed E-state index contributed by atoms with van der Waals surface area (Å²) in [6, 6.07) is 0.209. The van der Waals surface area contributed by atoms with Gasteiger partial charge in [0.15, 0.2) is 5.69 Å². The predicted octanol–water partition coefficient (Wildman–Crippen LogP) is 0.244. The van der Waals surface area contributed by atoms with Crippen LogP contribution in [0.5, 0.6) is 6.01 Å². The van der Waals surface area contributed by atoms with Crippen LogP contribution in [0.15, 0.2) is 9.73 Å². The molecule has 11 heteroatoms.